The Morgan fingerprint density at radius 3 is 2.83 bits per heavy atom. The van der Waals surface area contributed by atoms with Gasteiger partial charge in [0.1, 0.15) is 11.5 Å². The third kappa shape index (κ3) is 3.05. The number of amidine groups is 1. The summed E-state index contributed by atoms with van der Waals surface area (Å²) in [4.78, 5) is 18.7. The summed E-state index contributed by atoms with van der Waals surface area (Å²) in [6.45, 7) is 1.22. The predicted octanol–water partition coefficient (Wildman–Crippen LogP) is 1.01. The average Bonchev–Trinajstić information content (AvgIpc) is 2.95. The summed E-state index contributed by atoms with van der Waals surface area (Å²) < 4.78 is 0. The Hall–Kier alpha value is -2.41. The van der Waals surface area contributed by atoms with Crippen molar-refractivity contribution in [1.29, 1.82) is 5.41 Å². The molecule has 1 aromatic carbocycles. The van der Waals surface area contributed by atoms with E-state index in [0.717, 1.165) is 5.56 Å². The number of nitrogens with one attached hydrogen (secondary N) is 1. The number of oxime groups is 1. The summed E-state index contributed by atoms with van der Waals surface area (Å²) in [5, 5.41) is 20.6. The number of aliphatic carboxylic acids is 1. The lowest BCUT2D eigenvalue weighted by Crippen LogP contribution is -2.52. The molecule has 4 N–H and O–H groups in total. The molecule has 1 fully saturated rings. The Morgan fingerprint density at radius 2 is 2.22 bits per heavy atom. The van der Waals surface area contributed by atoms with E-state index in [0.29, 0.717) is 31.6 Å². The van der Waals surface area contributed by atoms with Crippen LogP contribution in [0.25, 0.3) is 0 Å². The standard InChI is InChI=1S/C16H20N4O3/c17-15(18)13-8-16(23-19-13)6-7-20(10-14(21)22)9-12(16)11-4-2-1-3-5-11/h1-5,12H,6-10H2,(H3,17,18)(H,21,22). The van der Waals surface area contributed by atoms with Crippen LogP contribution in [0.2, 0.25) is 0 Å². The molecule has 0 saturated carbocycles. The molecule has 2 unspecified atom stereocenters. The number of benzene rings is 1. The van der Waals surface area contributed by atoms with Crippen LogP contribution in [0.5, 0.6) is 0 Å². The minimum absolute atomic E-state index is 0.0137. The van der Waals surface area contributed by atoms with Gasteiger partial charge in [-0.3, -0.25) is 15.1 Å². The Balaban J connectivity index is 1.87. The van der Waals surface area contributed by atoms with E-state index in [1.807, 2.05) is 35.2 Å². The van der Waals surface area contributed by atoms with Crippen LogP contribution in [0.15, 0.2) is 35.5 Å². The van der Waals surface area contributed by atoms with Crippen LogP contribution in [0, 0.1) is 5.41 Å². The Labute approximate surface area is 134 Å². The van der Waals surface area contributed by atoms with Crippen LogP contribution in [-0.2, 0) is 9.63 Å². The number of hydrogen-bond donors (Lipinski definition) is 3. The minimum atomic E-state index is -0.833. The summed E-state index contributed by atoms with van der Waals surface area (Å²) in [5.74, 6) is -0.917. The largest absolute Gasteiger partial charge is 0.480 e. The molecule has 0 amide bonds. The molecule has 0 radical (unpaired) electrons. The molecule has 2 aliphatic heterocycles. The van der Waals surface area contributed by atoms with E-state index in [4.69, 9.17) is 21.1 Å². The van der Waals surface area contributed by atoms with Crippen LogP contribution in [0.1, 0.15) is 24.3 Å². The SMILES string of the molecule is N=C(N)C1=NOC2(CCN(CC(=O)O)CC2c2ccccc2)C1. The molecule has 7 heteroatoms. The molecule has 23 heavy (non-hydrogen) atoms. The smallest absolute Gasteiger partial charge is 0.317 e. The minimum Gasteiger partial charge on any atom is -0.480 e. The fourth-order valence-electron chi connectivity index (χ4n) is 3.43. The molecule has 122 valence electrons. The van der Waals surface area contributed by atoms with E-state index in [2.05, 4.69) is 5.16 Å². The fraction of sp³-hybridized carbons (Fsp3) is 0.438. The highest BCUT2D eigenvalue weighted by molar-refractivity contribution is 6.40. The van der Waals surface area contributed by atoms with E-state index < -0.39 is 11.6 Å². The van der Waals surface area contributed by atoms with Gasteiger partial charge < -0.3 is 15.7 Å². The number of nitrogens with zero attached hydrogens (tertiary/aromatic N) is 2. The molecule has 0 bridgehead atoms. The molecular weight excluding hydrogens is 296 g/mol. The van der Waals surface area contributed by atoms with Crippen LogP contribution in [-0.4, -0.2) is 52.8 Å². The highest BCUT2D eigenvalue weighted by atomic mass is 16.7. The number of rotatable bonds is 4. The summed E-state index contributed by atoms with van der Waals surface area (Å²) >= 11 is 0. The lowest BCUT2D eigenvalue weighted by molar-refractivity contribution is -0.140. The molecule has 2 heterocycles. The first-order valence-corrected chi connectivity index (χ1v) is 7.59. The maximum atomic E-state index is 11.0. The van der Waals surface area contributed by atoms with E-state index in [1.165, 1.54) is 0 Å². The molecule has 2 aliphatic rings. The lowest BCUT2D eigenvalue weighted by Gasteiger charge is -2.43. The van der Waals surface area contributed by atoms with E-state index in [9.17, 15) is 4.79 Å². The van der Waals surface area contributed by atoms with Gasteiger partial charge in [0.25, 0.3) is 0 Å². The van der Waals surface area contributed by atoms with Crippen LogP contribution in [0.4, 0.5) is 0 Å². The molecule has 0 aliphatic carbocycles. The van der Waals surface area contributed by atoms with Gasteiger partial charge in [0.05, 0.1) is 6.54 Å². The van der Waals surface area contributed by atoms with E-state index in [-0.39, 0.29) is 18.3 Å². The highest BCUT2D eigenvalue weighted by Gasteiger charge is 2.50. The number of hydrogen-bond acceptors (Lipinski definition) is 5. The quantitative estimate of drug-likeness (QED) is 0.567. The monoisotopic (exact) mass is 316 g/mol. The molecule has 1 saturated heterocycles. The Morgan fingerprint density at radius 1 is 1.48 bits per heavy atom. The van der Waals surface area contributed by atoms with Gasteiger partial charge in [-0.25, -0.2) is 0 Å². The second kappa shape index (κ2) is 6.00. The number of likely N-dealkylation sites (tertiary alicyclic amines) is 1. The Bertz CT molecular complexity index is 646. The second-order valence-corrected chi connectivity index (χ2v) is 6.13. The van der Waals surface area contributed by atoms with Crippen molar-refractivity contribution in [1.82, 2.24) is 4.90 Å². The van der Waals surface area contributed by atoms with Crippen molar-refractivity contribution in [3.8, 4) is 0 Å². The van der Waals surface area contributed by atoms with Crippen LogP contribution < -0.4 is 5.73 Å². The maximum absolute atomic E-state index is 11.0. The Kier molecular flexibility index (Phi) is 4.04. The second-order valence-electron chi connectivity index (χ2n) is 6.13. The fourth-order valence-corrected chi connectivity index (χ4v) is 3.43. The number of carbonyl (C=O) groups is 1. The summed E-state index contributed by atoms with van der Waals surface area (Å²) in [6, 6.07) is 9.90. The van der Waals surface area contributed by atoms with Gasteiger partial charge in [-0.05, 0) is 5.56 Å². The highest BCUT2D eigenvalue weighted by Crippen LogP contribution is 2.44. The summed E-state index contributed by atoms with van der Waals surface area (Å²) in [7, 11) is 0. The summed E-state index contributed by atoms with van der Waals surface area (Å²) in [5.41, 5.74) is 6.56. The first-order chi connectivity index (χ1) is 11.0. The predicted molar refractivity (Wildman–Crippen MR) is 85.7 cm³/mol. The van der Waals surface area contributed by atoms with Crippen molar-refractivity contribution in [3.05, 3.63) is 35.9 Å². The maximum Gasteiger partial charge on any atom is 0.317 e. The molecule has 1 spiro atoms. The number of nitrogens with two attached hydrogens (primary N) is 1. The molecule has 7 nitrogen and oxygen atoms in total. The van der Waals surface area contributed by atoms with Crippen molar-refractivity contribution in [3.63, 3.8) is 0 Å². The molecule has 0 aromatic heterocycles. The van der Waals surface area contributed by atoms with Crippen molar-refractivity contribution in [2.75, 3.05) is 19.6 Å². The van der Waals surface area contributed by atoms with Crippen molar-refractivity contribution < 1.29 is 14.7 Å². The number of carboxylic acids is 1. The molecule has 3 rings (SSSR count). The normalized spacial score (nSPS) is 27.5. The average molecular weight is 316 g/mol. The lowest BCUT2D eigenvalue weighted by atomic mass is 9.74. The van der Waals surface area contributed by atoms with Gasteiger partial charge >= 0.3 is 5.97 Å². The number of carboxylic acid groups (broad SMARTS) is 1. The van der Waals surface area contributed by atoms with E-state index in [1.54, 1.807) is 0 Å². The van der Waals surface area contributed by atoms with Crippen molar-refractivity contribution in [2.45, 2.75) is 24.4 Å². The molecular formula is C16H20N4O3. The van der Waals surface area contributed by atoms with Gasteiger partial charge in [0.2, 0.25) is 0 Å². The topological polar surface area (TPSA) is 112 Å². The van der Waals surface area contributed by atoms with Crippen LogP contribution in [0.3, 0.4) is 0 Å². The third-order valence-electron chi connectivity index (χ3n) is 4.60. The third-order valence-corrected chi connectivity index (χ3v) is 4.60. The van der Waals surface area contributed by atoms with Gasteiger partial charge in [0, 0.05) is 31.8 Å². The summed E-state index contributed by atoms with van der Waals surface area (Å²) in [6.07, 6.45) is 1.14. The van der Waals surface area contributed by atoms with Gasteiger partial charge in [0.15, 0.2) is 5.60 Å². The van der Waals surface area contributed by atoms with Crippen molar-refractivity contribution in [2.24, 2.45) is 10.9 Å². The molecule has 1 aromatic rings. The first-order valence-electron chi connectivity index (χ1n) is 7.59. The zero-order valence-electron chi connectivity index (χ0n) is 12.7. The van der Waals surface area contributed by atoms with Gasteiger partial charge in [-0.2, -0.15) is 0 Å². The van der Waals surface area contributed by atoms with Gasteiger partial charge in [-0.15, -0.1) is 0 Å². The van der Waals surface area contributed by atoms with Gasteiger partial charge in [-0.1, -0.05) is 35.5 Å². The zero-order chi connectivity index (χ0) is 16.4. The number of piperidine rings is 1. The van der Waals surface area contributed by atoms with Crippen molar-refractivity contribution >= 4 is 17.5 Å². The first kappa shape index (κ1) is 15.5. The zero-order valence-corrected chi connectivity index (χ0v) is 12.7. The molecule has 2 atom stereocenters. The van der Waals surface area contributed by atoms with E-state index >= 15 is 0 Å². The van der Waals surface area contributed by atoms with Crippen LogP contribution >= 0.6 is 0 Å².